The highest BCUT2D eigenvalue weighted by atomic mass is 33.1. The van der Waals surface area contributed by atoms with E-state index in [0.29, 0.717) is 0 Å². The van der Waals surface area contributed by atoms with E-state index in [9.17, 15) is 0 Å². The van der Waals surface area contributed by atoms with Crippen LogP contribution in [0.15, 0.2) is 52.5 Å². The fourth-order valence-corrected chi connectivity index (χ4v) is 3.96. The molecule has 14 heavy (non-hydrogen) atoms. The maximum atomic E-state index is 2.30. The van der Waals surface area contributed by atoms with Gasteiger partial charge in [0.05, 0.1) is 5.03 Å². The second-order valence-electron chi connectivity index (χ2n) is 3.25. The van der Waals surface area contributed by atoms with Gasteiger partial charge in [0.1, 0.15) is 0 Å². The van der Waals surface area contributed by atoms with Gasteiger partial charge in [0, 0.05) is 17.6 Å². The molecule has 0 amide bonds. The number of nitrogens with zero attached hydrogens (tertiary/aromatic N) is 1. The second-order valence-corrected chi connectivity index (χ2v) is 5.44. The van der Waals surface area contributed by atoms with Gasteiger partial charge in [0.15, 0.2) is 0 Å². The van der Waals surface area contributed by atoms with Gasteiger partial charge in [0.2, 0.25) is 0 Å². The molecule has 1 nitrogen and oxygen atoms in total. The van der Waals surface area contributed by atoms with E-state index in [1.165, 1.54) is 15.5 Å². The third-order valence-electron chi connectivity index (χ3n) is 2.32. The van der Waals surface area contributed by atoms with Crippen molar-refractivity contribution in [3.8, 4) is 0 Å². The first-order valence-electron chi connectivity index (χ1n) is 4.51. The van der Waals surface area contributed by atoms with Crippen LogP contribution in [0.1, 0.15) is 5.56 Å². The maximum absolute atomic E-state index is 2.30. The number of aromatic nitrogens is 1. The molecule has 2 aromatic rings. The lowest BCUT2D eigenvalue weighted by Crippen LogP contribution is -1.97. The van der Waals surface area contributed by atoms with Crippen molar-refractivity contribution >= 4 is 21.6 Å². The highest BCUT2D eigenvalue weighted by Gasteiger charge is 2.12. The van der Waals surface area contributed by atoms with E-state index in [-0.39, 0.29) is 0 Å². The first kappa shape index (κ1) is 8.50. The summed E-state index contributed by atoms with van der Waals surface area (Å²) in [5.74, 6) is 0. The summed E-state index contributed by atoms with van der Waals surface area (Å²) < 4.78 is 2.30. The Balaban J connectivity index is 2.10. The SMILES string of the molecule is c1ccc2c(c1)Cn1cccc1SS2. The molecular formula is C11H9NS2. The predicted octanol–water partition coefficient (Wildman–Crippen LogP) is 3.65. The Kier molecular flexibility index (Phi) is 2.07. The van der Waals surface area contributed by atoms with Crippen LogP contribution in [0, 0.1) is 0 Å². The summed E-state index contributed by atoms with van der Waals surface area (Å²) in [7, 11) is 3.69. The molecule has 0 radical (unpaired) electrons. The Labute approximate surface area is 90.9 Å². The fraction of sp³-hybridized carbons (Fsp3) is 0.0909. The van der Waals surface area contributed by atoms with Crippen molar-refractivity contribution in [1.82, 2.24) is 4.57 Å². The molecule has 0 atom stereocenters. The molecule has 2 heterocycles. The van der Waals surface area contributed by atoms with E-state index < -0.39 is 0 Å². The maximum Gasteiger partial charge on any atom is 0.0862 e. The highest BCUT2D eigenvalue weighted by molar-refractivity contribution is 8.76. The van der Waals surface area contributed by atoms with Gasteiger partial charge in [-0.05, 0) is 34.6 Å². The van der Waals surface area contributed by atoms with Gasteiger partial charge in [-0.1, -0.05) is 29.0 Å². The number of rotatable bonds is 0. The average Bonchev–Trinajstić information content (AvgIpc) is 2.58. The van der Waals surface area contributed by atoms with Crippen molar-refractivity contribution in [3.63, 3.8) is 0 Å². The van der Waals surface area contributed by atoms with Crippen LogP contribution in [0.5, 0.6) is 0 Å². The Morgan fingerprint density at radius 1 is 1.00 bits per heavy atom. The van der Waals surface area contributed by atoms with E-state index >= 15 is 0 Å². The monoisotopic (exact) mass is 219 g/mol. The van der Waals surface area contributed by atoms with Crippen LogP contribution in [-0.4, -0.2) is 4.57 Å². The zero-order valence-corrected chi connectivity index (χ0v) is 9.15. The minimum absolute atomic E-state index is 0.999. The average molecular weight is 219 g/mol. The molecule has 1 aliphatic heterocycles. The quantitative estimate of drug-likeness (QED) is 0.623. The Morgan fingerprint density at radius 2 is 1.93 bits per heavy atom. The third-order valence-corrected chi connectivity index (χ3v) is 4.82. The summed E-state index contributed by atoms with van der Waals surface area (Å²) in [5.41, 5.74) is 1.42. The van der Waals surface area contributed by atoms with Crippen molar-refractivity contribution in [1.29, 1.82) is 0 Å². The van der Waals surface area contributed by atoms with Crippen molar-refractivity contribution < 1.29 is 0 Å². The lowest BCUT2D eigenvalue weighted by Gasteiger charge is -2.04. The first-order chi connectivity index (χ1) is 6.93. The molecule has 0 N–H and O–H groups in total. The molecule has 0 fully saturated rings. The topological polar surface area (TPSA) is 4.93 Å². The zero-order chi connectivity index (χ0) is 9.38. The van der Waals surface area contributed by atoms with Crippen molar-refractivity contribution in [2.45, 2.75) is 16.5 Å². The van der Waals surface area contributed by atoms with Crippen molar-refractivity contribution in [2.24, 2.45) is 0 Å². The normalized spacial score (nSPS) is 14.3. The van der Waals surface area contributed by atoms with Crippen molar-refractivity contribution in [2.75, 3.05) is 0 Å². The van der Waals surface area contributed by atoms with E-state index in [2.05, 4.69) is 47.2 Å². The van der Waals surface area contributed by atoms with Crippen LogP contribution >= 0.6 is 21.6 Å². The van der Waals surface area contributed by atoms with Gasteiger partial charge < -0.3 is 4.57 Å². The standard InChI is InChI=1S/C11H9NS2/c1-2-5-10-9(4-1)8-12-7-3-6-11(12)14-13-10/h1-7H,8H2. The van der Waals surface area contributed by atoms with Crippen LogP contribution in [-0.2, 0) is 6.54 Å². The minimum atomic E-state index is 0.999. The molecule has 1 aliphatic rings. The minimum Gasteiger partial charge on any atom is -0.338 e. The van der Waals surface area contributed by atoms with Gasteiger partial charge in [-0.25, -0.2) is 0 Å². The summed E-state index contributed by atoms with van der Waals surface area (Å²) in [6.45, 7) is 0.999. The molecule has 0 aliphatic carbocycles. The number of fused-ring (bicyclic) bond motifs is 2. The lowest BCUT2D eigenvalue weighted by molar-refractivity contribution is 0.728. The number of benzene rings is 1. The van der Waals surface area contributed by atoms with Crippen LogP contribution in [0.4, 0.5) is 0 Å². The predicted molar refractivity (Wildman–Crippen MR) is 61.7 cm³/mol. The van der Waals surface area contributed by atoms with Crippen LogP contribution in [0.25, 0.3) is 0 Å². The molecule has 0 spiro atoms. The molecule has 0 bridgehead atoms. The first-order valence-corrected chi connectivity index (χ1v) is 6.66. The van der Waals surface area contributed by atoms with Gasteiger partial charge in [-0.2, -0.15) is 0 Å². The molecule has 70 valence electrons. The molecule has 3 rings (SSSR count). The van der Waals surface area contributed by atoms with E-state index in [1.807, 2.05) is 21.6 Å². The van der Waals surface area contributed by atoms with Gasteiger partial charge in [-0.3, -0.25) is 0 Å². The molecule has 0 saturated carbocycles. The Morgan fingerprint density at radius 3 is 2.93 bits per heavy atom. The van der Waals surface area contributed by atoms with Crippen LogP contribution in [0.3, 0.4) is 0 Å². The third kappa shape index (κ3) is 1.37. The van der Waals surface area contributed by atoms with Gasteiger partial charge >= 0.3 is 0 Å². The highest BCUT2D eigenvalue weighted by Crippen LogP contribution is 2.42. The molecule has 0 saturated heterocycles. The van der Waals surface area contributed by atoms with Crippen molar-refractivity contribution in [3.05, 3.63) is 48.2 Å². The summed E-state index contributed by atoms with van der Waals surface area (Å²) in [4.78, 5) is 1.39. The van der Waals surface area contributed by atoms with Gasteiger partial charge in [0.25, 0.3) is 0 Å². The summed E-state index contributed by atoms with van der Waals surface area (Å²) in [5, 5.41) is 1.34. The second kappa shape index (κ2) is 3.41. The summed E-state index contributed by atoms with van der Waals surface area (Å²) in [6.07, 6.45) is 2.14. The molecule has 0 unspecified atom stereocenters. The van der Waals surface area contributed by atoms with Gasteiger partial charge in [-0.15, -0.1) is 0 Å². The lowest BCUT2D eigenvalue weighted by atomic mass is 10.2. The molecular weight excluding hydrogens is 210 g/mol. The Hall–Kier alpha value is -0.800. The smallest absolute Gasteiger partial charge is 0.0862 e. The number of hydrogen-bond acceptors (Lipinski definition) is 2. The summed E-state index contributed by atoms with van der Waals surface area (Å²) >= 11 is 0. The zero-order valence-electron chi connectivity index (χ0n) is 7.51. The van der Waals surface area contributed by atoms with Crippen LogP contribution < -0.4 is 0 Å². The van der Waals surface area contributed by atoms with E-state index in [4.69, 9.17) is 0 Å². The van der Waals surface area contributed by atoms with E-state index in [1.54, 1.807) is 0 Å². The fourth-order valence-electron chi connectivity index (χ4n) is 1.59. The summed E-state index contributed by atoms with van der Waals surface area (Å²) in [6, 6.07) is 12.9. The Bertz CT molecular complexity index is 462. The molecule has 1 aromatic heterocycles. The molecule has 1 aromatic carbocycles. The number of hydrogen-bond donors (Lipinski definition) is 0. The largest absolute Gasteiger partial charge is 0.338 e. The van der Waals surface area contributed by atoms with Crippen LogP contribution in [0.2, 0.25) is 0 Å². The molecule has 3 heteroatoms. The van der Waals surface area contributed by atoms with E-state index in [0.717, 1.165) is 6.54 Å².